The second-order valence-corrected chi connectivity index (χ2v) is 7.00. The molecule has 0 aliphatic heterocycles. The number of hydrogen-bond donors (Lipinski definition) is 1. The van der Waals surface area contributed by atoms with E-state index in [2.05, 4.69) is 0 Å². The monoisotopic (exact) mass is 260 g/mol. The first kappa shape index (κ1) is 11.7. The molecule has 0 saturated heterocycles. The summed E-state index contributed by atoms with van der Waals surface area (Å²) in [5.41, 5.74) is 2.05. The van der Waals surface area contributed by atoms with E-state index < -0.39 is 9.05 Å². The van der Waals surface area contributed by atoms with E-state index in [9.17, 15) is 13.5 Å². The second kappa shape index (κ2) is 4.26. The van der Waals surface area contributed by atoms with Crippen molar-refractivity contribution in [3.63, 3.8) is 0 Å². The average Bonchev–Trinajstić information content (AvgIpc) is 2.15. The van der Waals surface area contributed by atoms with Gasteiger partial charge < -0.3 is 5.11 Å². The number of aromatic hydroxyl groups is 1. The maximum absolute atomic E-state index is 11.1. The van der Waals surface area contributed by atoms with Gasteiger partial charge in [-0.1, -0.05) is 6.07 Å². The maximum Gasteiger partial charge on any atom is 0.233 e. The van der Waals surface area contributed by atoms with E-state index in [1.807, 2.05) is 0 Å². The van der Waals surface area contributed by atoms with Gasteiger partial charge in [0.25, 0.3) is 0 Å². The molecule has 1 aliphatic rings. The average molecular weight is 261 g/mol. The summed E-state index contributed by atoms with van der Waals surface area (Å²) in [6.07, 6.45) is 2.67. The Kier molecular flexibility index (Phi) is 3.13. The Morgan fingerprint density at radius 1 is 1.44 bits per heavy atom. The highest BCUT2D eigenvalue weighted by atomic mass is 35.7. The summed E-state index contributed by atoms with van der Waals surface area (Å²) in [5, 5.41) is 9.36. The fourth-order valence-corrected chi connectivity index (χ4v) is 3.60. The van der Waals surface area contributed by atoms with Crippen LogP contribution in [0.1, 0.15) is 29.9 Å². The SMILES string of the molecule is O=S(=O)(Cl)CC1CCCc2cc(O)ccc21. The molecule has 1 N–H and O–H groups in total. The lowest BCUT2D eigenvalue weighted by Gasteiger charge is -2.24. The van der Waals surface area contributed by atoms with Gasteiger partial charge >= 0.3 is 0 Å². The summed E-state index contributed by atoms with van der Waals surface area (Å²) < 4.78 is 22.2. The van der Waals surface area contributed by atoms with Gasteiger partial charge in [-0.25, -0.2) is 8.42 Å². The van der Waals surface area contributed by atoms with Gasteiger partial charge in [-0.3, -0.25) is 0 Å². The molecule has 1 aromatic rings. The van der Waals surface area contributed by atoms with Crippen LogP contribution in [0.25, 0.3) is 0 Å². The molecule has 88 valence electrons. The van der Waals surface area contributed by atoms with Crippen molar-refractivity contribution in [3.8, 4) is 5.75 Å². The van der Waals surface area contributed by atoms with Crippen molar-refractivity contribution >= 4 is 19.7 Å². The number of benzene rings is 1. The highest BCUT2D eigenvalue weighted by Gasteiger charge is 2.24. The molecule has 1 atom stereocenters. The number of fused-ring (bicyclic) bond motifs is 1. The summed E-state index contributed by atoms with van der Waals surface area (Å²) in [6.45, 7) is 0. The molecule has 0 fully saturated rings. The van der Waals surface area contributed by atoms with Crippen molar-refractivity contribution in [1.82, 2.24) is 0 Å². The summed E-state index contributed by atoms with van der Waals surface area (Å²) in [4.78, 5) is 0. The summed E-state index contributed by atoms with van der Waals surface area (Å²) in [6, 6.07) is 5.11. The van der Waals surface area contributed by atoms with E-state index in [0.717, 1.165) is 30.4 Å². The van der Waals surface area contributed by atoms with Crippen LogP contribution in [0.2, 0.25) is 0 Å². The minimum absolute atomic E-state index is 0.0215. The number of phenols is 1. The van der Waals surface area contributed by atoms with Gasteiger partial charge in [-0.2, -0.15) is 0 Å². The number of halogens is 1. The second-order valence-electron chi connectivity index (χ2n) is 4.18. The number of aryl methyl sites for hydroxylation is 1. The lowest BCUT2D eigenvalue weighted by atomic mass is 9.84. The topological polar surface area (TPSA) is 54.4 Å². The zero-order valence-corrected chi connectivity index (χ0v) is 10.3. The molecule has 5 heteroatoms. The quantitative estimate of drug-likeness (QED) is 0.831. The molecule has 0 spiro atoms. The summed E-state index contributed by atoms with van der Waals surface area (Å²) >= 11 is 0. The van der Waals surface area contributed by atoms with Crippen LogP contribution in [-0.4, -0.2) is 19.3 Å². The fourth-order valence-electron chi connectivity index (χ4n) is 2.31. The molecule has 0 saturated carbocycles. The molecule has 0 heterocycles. The predicted octanol–water partition coefficient (Wildman–Crippen LogP) is 2.38. The third-order valence-corrected chi connectivity index (χ3v) is 4.14. The Bertz CT molecular complexity index is 496. The van der Waals surface area contributed by atoms with Crippen molar-refractivity contribution in [2.24, 2.45) is 0 Å². The minimum Gasteiger partial charge on any atom is -0.508 e. The van der Waals surface area contributed by atoms with Crippen LogP contribution in [-0.2, 0) is 15.5 Å². The molecule has 0 radical (unpaired) electrons. The first-order valence-electron chi connectivity index (χ1n) is 5.20. The largest absolute Gasteiger partial charge is 0.508 e. The Balaban J connectivity index is 2.33. The Morgan fingerprint density at radius 2 is 2.19 bits per heavy atom. The van der Waals surface area contributed by atoms with Crippen LogP contribution in [0.5, 0.6) is 5.75 Å². The molecular formula is C11H13ClO3S. The lowest BCUT2D eigenvalue weighted by molar-refractivity contribution is 0.472. The van der Waals surface area contributed by atoms with Gasteiger partial charge in [0.05, 0.1) is 5.75 Å². The van der Waals surface area contributed by atoms with E-state index in [1.54, 1.807) is 18.2 Å². The standard InChI is InChI=1S/C11H13ClO3S/c12-16(14,15)7-9-3-1-2-8-6-10(13)4-5-11(8)9/h4-6,9,13H,1-3,7H2. The molecule has 0 aromatic heterocycles. The lowest BCUT2D eigenvalue weighted by Crippen LogP contribution is -2.16. The third kappa shape index (κ3) is 2.68. The van der Waals surface area contributed by atoms with Gasteiger partial charge in [0.2, 0.25) is 9.05 Å². The minimum atomic E-state index is -3.47. The maximum atomic E-state index is 11.1. The van der Waals surface area contributed by atoms with Crippen molar-refractivity contribution in [2.45, 2.75) is 25.2 Å². The van der Waals surface area contributed by atoms with Gasteiger partial charge in [-0.15, -0.1) is 0 Å². The van der Waals surface area contributed by atoms with Crippen LogP contribution < -0.4 is 0 Å². The normalized spacial score (nSPS) is 20.4. The zero-order chi connectivity index (χ0) is 11.8. The molecule has 1 aliphatic carbocycles. The smallest absolute Gasteiger partial charge is 0.233 e. The third-order valence-electron chi connectivity index (χ3n) is 2.97. The molecule has 16 heavy (non-hydrogen) atoms. The molecule has 3 nitrogen and oxygen atoms in total. The molecule has 2 rings (SSSR count). The van der Waals surface area contributed by atoms with E-state index in [1.165, 1.54) is 0 Å². The Labute approximate surface area is 99.5 Å². The fraction of sp³-hybridized carbons (Fsp3) is 0.455. The summed E-state index contributed by atoms with van der Waals surface area (Å²) in [5.74, 6) is 0.173. The molecule has 1 aromatic carbocycles. The van der Waals surface area contributed by atoms with Crippen molar-refractivity contribution in [1.29, 1.82) is 0 Å². The van der Waals surface area contributed by atoms with Crippen molar-refractivity contribution in [2.75, 3.05) is 5.75 Å². The molecule has 0 bridgehead atoms. The van der Waals surface area contributed by atoms with Gasteiger partial charge in [0, 0.05) is 10.7 Å². The zero-order valence-electron chi connectivity index (χ0n) is 8.69. The molecule has 0 amide bonds. The number of rotatable bonds is 2. The molecular weight excluding hydrogens is 248 g/mol. The number of phenolic OH excluding ortho intramolecular Hbond substituents is 1. The van der Waals surface area contributed by atoms with Gasteiger partial charge in [0.15, 0.2) is 0 Å². The van der Waals surface area contributed by atoms with E-state index in [0.29, 0.717) is 0 Å². The van der Waals surface area contributed by atoms with Crippen LogP contribution in [0.15, 0.2) is 18.2 Å². The van der Waals surface area contributed by atoms with Crippen LogP contribution in [0, 0.1) is 0 Å². The van der Waals surface area contributed by atoms with Crippen molar-refractivity contribution < 1.29 is 13.5 Å². The van der Waals surface area contributed by atoms with E-state index >= 15 is 0 Å². The number of hydrogen-bond acceptors (Lipinski definition) is 3. The van der Waals surface area contributed by atoms with Crippen LogP contribution in [0.4, 0.5) is 0 Å². The van der Waals surface area contributed by atoms with Crippen molar-refractivity contribution in [3.05, 3.63) is 29.3 Å². The Morgan fingerprint density at radius 3 is 2.88 bits per heavy atom. The highest BCUT2D eigenvalue weighted by Crippen LogP contribution is 2.34. The first-order chi connectivity index (χ1) is 7.46. The van der Waals surface area contributed by atoms with E-state index in [4.69, 9.17) is 10.7 Å². The van der Waals surface area contributed by atoms with E-state index in [-0.39, 0.29) is 17.4 Å². The first-order valence-corrected chi connectivity index (χ1v) is 7.68. The summed E-state index contributed by atoms with van der Waals surface area (Å²) in [7, 11) is 1.82. The van der Waals surface area contributed by atoms with Gasteiger partial charge in [-0.05, 0) is 48.4 Å². The van der Waals surface area contributed by atoms with Gasteiger partial charge in [0.1, 0.15) is 5.75 Å². The Hall–Kier alpha value is -0.740. The highest BCUT2D eigenvalue weighted by molar-refractivity contribution is 8.13. The van der Waals surface area contributed by atoms with Crippen LogP contribution >= 0.6 is 10.7 Å². The predicted molar refractivity (Wildman–Crippen MR) is 63.4 cm³/mol. The molecule has 1 unspecified atom stereocenters. The van der Waals surface area contributed by atoms with Crippen LogP contribution in [0.3, 0.4) is 0 Å².